The summed E-state index contributed by atoms with van der Waals surface area (Å²) in [4.78, 5) is 25.3. The Bertz CT molecular complexity index is 1020. The molecule has 1 aromatic heterocycles. The van der Waals surface area contributed by atoms with Crippen molar-refractivity contribution in [3.63, 3.8) is 0 Å². The van der Waals surface area contributed by atoms with Gasteiger partial charge in [0, 0.05) is 4.47 Å². The number of hydrogen-bond donors (Lipinski definition) is 2. The van der Waals surface area contributed by atoms with Crippen LogP contribution in [0.5, 0.6) is 5.75 Å². The van der Waals surface area contributed by atoms with Crippen LogP contribution in [0.2, 0.25) is 0 Å². The summed E-state index contributed by atoms with van der Waals surface area (Å²) in [6.45, 7) is 5.79. The maximum absolute atomic E-state index is 12.7. The highest BCUT2D eigenvalue weighted by Crippen LogP contribution is 2.28. The third kappa shape index (κ3) is 5.30. The molecule has 0 saturated carbocycles. The monoisotopic (exact) mass is 470 g/mol. The number of anilines is 1. The smallest absolute Gasteiger partial charge is 0.265 e. The van der Waals surface area contributed by atoms with Gasteiger partial charge in [-0.05, 0) is 68.3 Å². The standard InChI is InChI=1S/C23H23BrN2O4/c1-14-11-17(24)12-15(2)21(14)30-16(3)22(27)26-20-9-5-4-8-19(20)23(28)25-13-18-7-6-10-29-18/h4-12,16H,13H2,1-3H3,(H,25,28)(H,26,27). The van der Waals surface area contributed by atoms with Crippen molar-refractivity contribution in [1.82, 2.24) is 5.32 Å². The second kappa shape index (κ2) is 9.63. The summed E-state index contributed by atoms with van der Waals surface area (Å²) in [5.74, 6) is 0.663. The molecule has 7 heteroatoms. The van der Waals surface area contributed by atoms with Gasteiger partial charge in [-0.1, -0.05) is 28.1 Å². The van der Waals surface area contributed by atoms with Gasteiger partial charge in [-0.2, -0.15) is 0 Å². The molecule has 3 rings (SSSR count). The number of carbonyl (C=O) groups is 2. The maximum atomic E-state index is 12.7. The Balaban J connectivity index is 1.68. The summed E-state index contributed by atoms with van der Waals surface area (Å²) in [5, 5.41) is 5.58. The highest BCUT2D eigenvalue weighted by Gasteiger charge is 2.20. The summed E-state index contributed by atoms with van der Waals surface area (Å²) in [5.41, 5.74) is 2.64. The van der Waals surface area contributed by atoms with E-state index in [1.165, 1.54) is 0 Å². The second-order valence-corrected chi connectivity index (χ2v) is 7.84. The average molecular weight is 471 g/mol. The zero-order valence-corrected chi connectivity index (χ0v) is 18.6. The lowest BCUT2D eigenvalue weighted by atomic mass is 10.1. The molecule has 1 heterocycles. The average Bonchev–Trinajstić information content (AvgIpc) is 3.22. The number of amides is 2. The van der Waals surface area contributed by atoms with Gasteiger partial charge in [0.1, 0.15) is 11.5 Å². The van der Waals surface area contributed by atoms with Crippen LogP contribution in [0.4, 0.5) is 5.69 Å². The molecule has 2 amide bonds. The Labute approximate surface area is 183 Å². The summed E-state index contributed by atoms with van der Waals surface area (Å²) < 4.78 is 12.1. The summed E-state index contributed by atoms with van der Waals surface area (Å²) in [6, 6.07) is 14.2. The van der Waals surface area contributed by atoms with E-state index < -0.39 is 6.10 Å². The van der Waals surface area contributed by atoms with Crippen molar-refractivity contribution in [2.24, 2.45) is 0 Å². The highest BCUT2D eigenvalue weighted by molar-refractivity contribution is 9.10. The fraction of sp³-hybridized carbons (Fsp3) is 0.217. The molecular formula is C23H23BrN2O4. The van der Waals surface area contributed by atoms with Gasteiger partial charge < -0.3 is 19.8 Å². The number of ether oxygens (including phenoxy) is 1. The predicted octanol–water partition coefficient (Wildman–Crippen LogP) is 4.99. The van der Waals surface area contributed by atoms with Crippen molar-refractivity contribution >= 4 is 33.4 Å². The van der Waals surface area contributed by atoms with Crippen molar-refractivity contribution < 1.29 is 18.7 Å². The molecule has 156 valence electrons. The van der Waals surface area contributed by atoms with E-state index in [4.69, 9.17) is 9.15 Å². The van der Waals surface area contributed by atoms with E-state index in [1.54, 1.807) is 49.6 Å². The maximum Gasteiger partial charge on any atom is 0.265 e. The summed E-state index contributed by atoms with van der Waals surface area (Å²) in [7, 11) is 0. The molecule has 0 bridgehead atoms. The molecule has 0 radical (unpaired) electrons. The second-order valence-electron chi connectivity index (χ2n) is 6.93. The van der Waals surface area contributed by atoms with Crippen LogP contribution < -0.4 is 15.4 Å². The lowest BCUT2D eigenvalue weighted by molar-refractivity contribution is -0.122. The Kier molecular flexibility index (Phi) is 6.95. The third-order valence-corrected chi connectivity index (χ3v) is 4.98. The van der Waals surface area contributed by atoms with Crippen LogP contribution in [-0.4, -0.2) is 17.9 Å². The van der Waals surface area contributed by atoms with Crippen molar-refractivity contribution in [2.45, 2.75) is 33.4 Å². The van der Waals surface area contributed by atoms with Crippen molar-refractivity contribution in [3.8, 4) is 5.75 Å². The Morgan fingerprint density at radius 1 is 1.10 bits per heavy atom. The van der Waals surface area contributed by atoms with Gasteiger partial charge >= 0.3 is 0 Å². The first-order valence-electron chi connectivity index (χ1n) is 9.49. The lowest BCUT2D eigenvalue weighted by Gasteiger charge is -2.19. The summed E-state index contributed by atoms with van der Waals surface area (Å²) >= 11 is 3.45. The van der Waals surface area contributed by atoms with Gasteiger partial charge in [0.15, 0.2) is 6.10 Å². The van der Waals surface area contributed by atoms with Crippen molar-refractivity contribution in [2.75, 3.05) is 5.32 Å². The van der Waals surface area contributed by atoms with Gasteiger partial charge in [-0.25, -0.2) is 0 Å². The van der Waals surface area contributed by atoms with Crippen LogP contribution in [0.3, 0.4) is 0 Å². The number of para-hydroxylation sites is 1. The molecule has 0 aliphatic rings. The molecule has 2 aromatic carbocycles. The molecule has 0 fully saturated rings. The third-order valence-electron chi connectivity index (χ3n) is 4.52. The van der Waals surface area contributed by atoms with Crippen LogP contribution in [0, 0.1) is 13.8 Å². The SMILES string of the molecule is Cc1cc(Br)cc(C)c1OC(C)C(=O)Nc1ccccc1C(=O)NCc1ccco1. The first-order chi connectivity index (χ1) is 14.3. The van der Waals surface area contributed by atoms with Gasteiger partial charge in [0.25, 0.3) is 11.8 Å². The van der Waals surface area contributed by atoms with Gasteiger partial charge in [-0.3, -0.25) is 9.59 Å². The molecular weight excluding hydrogens is 448 g/mol. The number of hydrogen-bond acceptors (Lipinski definition) is 4. The van der Waals surface area contributed by atoms with Gasteiger partial charge in [-0.15, -0.1) is 0 Å². The molecule has 0 spiro atoms. The molecule has 0 aliphatic carbocycles. The van der Waals surface area contributed by atoms with Crippen LogP contribution in [-0.2, 0) is 11.3 Å². The minimum absolute atomic E-state index is 0.260. The van der Waals surface area contributed by atoms with Crippen molar-refractivity contribution in [3.05, 3.63) is 81.7 Å². The number of nitrogens with one attached hydrogen (secondary N) is 2. The number of halogens is 1. The van der Waals surface area contributed by atoms with E-state index in [2.05, 4.69) is 26.6 Å². The van der Waals surface area contributed by atoms with Crippen LogP contribution in [0.15, 0.2) is 63.7 Å². The molecule has 2 N–H and O–H groups in total. The largest absolute Gasteiger partial charge is 0.480 e. The van der Waals surface area contributed by atoms with E-state index in [9.17, 15) is 9.59 Å². The van der Waals surface area contributed by atoms with E-state index in [0.717, 1.165) is 15.6 Å². The van der Waals surface area contributed by atoms with Crippen LogP contribution in [0.25, 0.3) is 0 Å². The minimum atomic E-state index is -0.747. The Morgan fingerprint density at radius 3 is 2.47 bits per heavy atom. The van der Waals surface area contributed by atoms with Crippen molar-refractivity contribution in [1.29, 1.82) is 0 Å². The quantitative estimate of drug-likeness (QED) is 0.509. The van der Waals surface area contributed by atoms with Gasteiger partial charge in [0.05, 0.1) is 24.1 Å². The Hall–Kier alpha value is -3.06. The Morgan fingerprint density at radius 2 is 1.80 bits per heavy atom. The molecule has 0 saturated heterocycles. The molecule has 1 atom stereocenters. The number of carbonyl (C=O) groups excluding carboxylic acids is 2. The fourth-order valence-electron chi connectivity index (χ4n) is 3.01. The number of aryl methyl sites for hydroxylation is 2. The number of furan rings is 1. The molecule has 0 aliphatic heterocycles. The highest BCUT2D eigenvalue weighted by atomic mass is 79.9. The van der Waals surface area contributed by atoms with E-state index in [0.29, 0.717) is 22.8 Å². The van der Waals surface area contributed by atoms with E-state index in [-0.39, 0.29) is 18.4 Å². The molecule has 6 nitrogen and oxygen atoms in total. The van der Waals surface area contributed by atoms with Gasteiger partial charge in [0.2, 0.25) is 0 Å². The number of rotatable bonds is 7. The number of benzene rings is 2. The molecule has 30 heavy (non-hydrogen) atoms. The fourth-order valence-corrected chi connectivity index (χ4v) is 3.70. The molecule has 1 unspecified atom stereocenters. The van der Waals surface area contributed by atoms with E-state index in [1.807, 2.05) is 26.0 Å². The lowest BCUT2D eigenvalue weighted by Crippen LogP contribution is -2.32. The zero-order chi connectivity index (χ0) is 21.7. The van der Waals surface area contributed by atoms with E-state index >= 15 is 0 Å². The topological polar surface area (TPSA) is 80.6 Å². The minimum Gasteiger partial charge on any atom is -0.480 e. The predicted molar refractivity (Wildman–Crippen MR) is 119 cm³/mol. The first kappa shape index (κ1) is 21.6. The van der Waals surface area contributed by atoms with Crippen LogP contribution in [0.1, 0.15) is 34.2 Å². The zero-order valence-electron chi connectivity index (χ0n) is 17.0. The molecule has 3 aromatic rings. The normalized spacial score (nSPS) is 11.6. The van der Waals surface area contributed by atoms with Crippen LogP contribution >= 0.6 is 15.9 Å². The summed E-state index contributed by atoms with van der Waals surface area (Å²) in [6.07, 6.45) is 0.800. The first-order valence-corrected chi connectivity index (χ1v) is 10.3.